The molecule has 22 heavy (non-hydrogen) atoms. The summed E-state index contributed by atoms with van der Waals surface area (Å²) in [5, 5.41) is 0. The van der Waals surface area contributed by atoms with Gasteiger partial charge in [0.25, 0.3) is 0 Å². The fourth-order valence-electron chi connectivity index (χ4n) is 4.40. The van der Waals surface area contributed by atoms with Gasteiger partial charge in [-0.25, -0.2) is 9.69 Å². The topological polar surface area (TPSA) is 60.5 Å². The van der Waals surface area contributed by atoms with Gasteiger partial charge in [0.2, 0.25) is 0 Å². The number of amides is 1. The van der Waals surface area contributed by atoms with E-state index in [2.05, 4.69) is 18.7 Å². The van der Waals surface area contributed by atoms with Crippen LogP contribution in [0.2, 0.25) is 0 Å². The number of hydrogen-bond donors (Lipinski definition) is 0. The van der Waals surface area contributed by atoms with Gasteiger partial charge in [0.15, 0.2) is 0 Å². The third-order valence-corrected chi connectivity index (χ3v) is 5.51. The lowest BCUT2D eigenvalue weighted by Crippen LogP contribution is -2.56. The Kier molecular flexibility index (Phi) is 3.21. The van der Waals surface area contributed by atoms with Crippen LogP contribution in [0.4, 0.5) is 4.79 Å². The molecule has 1 amide bonds. The van der Waals surface area contributed by atoms with Crippen molar-refractivity contribution in [1.29, 1.82) is 0 Å². The van der Waals surface area contributed by atoms with Crippen LogP contribution in [-0.2, 0) is 18.9 Å². The zero-order valence-corrected chi connectivity index (χ0v) is 13.3. The van der Waals surface area contributed by atoms with Gasteiger partial charge in [-0.15, -0.1) is 0 Å². The summed E-state index contributed by atoms with van der Waals surface area (Å²) < 4.78 is 23.0. The normalized spacial score (nSPS) is 44.4. The summed E-state index contributed by atoms with van der Waals surface area (Å²) in [6.07, 6.45) is 1.63. The maximum atomic E-state index is 12.2. The molecule has 0 spiro atoms. The average Bonchev–Trinajstić information content (AvgIpc) is 3.11. The van der Waals surface area contributed by atoms with Crippen molar-refractivity contribution in [3.05, 3.63) is 0 Å². The summed E-state index contributed by atoms with van der Waals surface area (Å²) in [4.78, 5) is 16.2. The largest absolute Gasteiger partial charge is 0.447 e. The summed E-state index contributed by atoms with van der Waals surface area (Å²) in [6, 6.07) is 0. The molecule has 2 unspecified atom stereocenters. The molecule has 4 saturated heterocycles. The van der Waals surface area contributed by atoms with Gasteiger partial charge in [-0.2, -0.15) is 0 Å². The maximum absolute atomic E-state index is 12.2. The minimum absolute atomic E-state index is 0.265. The highest BCUT2D eigenvalue weighted by Crippen LogP contribution is 2.55. The second kappa shape index (κ2) is 4.80. The number of rotatable bonds is 2. The molecule has 4 aliphatic heterocycles. The highest BCUT2D eigenvalue weighted by Gasteiger charge is 2.69. The van der Waals surface area contributed by atoms with Crippen LogP contribution < -0.4 is 0 Å². The van der Waals surface area contributed by atoms with Gasteiger partial charge in [-0.05, 0) is 26.7 Å². The first-order chi connectivity index (χ1) is 10.5. The minimum Gasteiger partial charge on any atom is -0.447 e. The minimum atomic E-state index is -0.345. The van der Waals surface area contributed by atoms with Crippen molar-refractivity contribution in [2.24, 2.45) is 0 Å². The van der Waals surface area contributed by atoms with Gasteiger partial charge in [0, 0.05) is 13.1 Å². The van der Waals surface area contributed by atoms with Crippen LogP contribution in [0.5, 0.6) is 0 Å². The van der Waals surface area contributed by atoms with E-state index >= 15 is 0 Å². The molecule has 4 rings (SSSR count). The van der Waals surface area contributed by atoms with Crippen molar-refractivity contribution in [2.75, 3.05) is 46.1 Å². The first-order valence-electron chi connectivity index (χ1n) is 8.05. The lowest BCUT2D eigenvalue weighted by molar-refractivity contribution is -0.125. The third-order valence-electron chi connectivity index (χ3n) is 5.51. The molecule has 124 valence electrons. The van der Waals surface area contributed by atoms with E-state index in [0.717, 1.165) is 12.8 Å². The van der Waals surface area contributed by atoms with E-state index in [4.69, 9.17) is 18.9 Å². The van der Waals surface area contributed by atoms with Crippen molar-refractivity contribution < 1.29 is 23.7 Å². The van der Waals surface area contributed by atoms with Gasteiger partial charge in [-0.1, -0.05) is 0 Å². The monoisotopic (exact) mass is 312 g/mol. The van der Waals surface area contributed by atoms with Gasteiger partial charge < -0.3 is 23.8 Å². The Morgan fingerprint density at radius 2 is 1.68 bits per heavy atom. The number of morpholine rings is 1. The van der Waals surface area contributed by atoms with Crippen LogP contribution >= 0.6 is 0 Å². The van der Waals surface area contributed by atoms with Gasteiger partial charge in [0.05, 0.1) is 26.4 Å². The van der Waals surface area contributed by atoms with E-state index < -0.39 is 0 Å². The first-order valence-corrected chi connectivity index (χ1v) is 8.05. The molecule has 2 atom stereocenters. The molecule has 4 aliphatic rings. The van der Waals surface area contributed by atoms with Crippen molar-refractivity contribution in [1.82, 2.24) is 9.80 Å². The third kappa shape index (κ3) is 1.99. The maximum Gasteiger partial charge on any atom is 0.409 e. The fourth-order valence-corrected chi connectivity index (χ4v) is 4.40. The molecule has 0 saturated carbocycles. The summed E-state index contributed by atoms with van der Waals surface area (Å²) in [5.74, 6) is 0. The molecule has 0 aromatic rings. The van der Waals surface area contributed by atoms with Gasteiger partial charge >= 0.3 is 6.09 Å². The van der Waals surface area contributed by atoms with Crippen LogP contribution in [0.25, 0.3) is 0 Å². The van der Waals surface area contributed by atoms with Crippen molar-refractivity contribution >= 4 is 6.09 Å². The van der Waals surface area contributed by atoms with Crippen LogP contribution in [0.3, 0.4) is 0 Å². The Labute approximate surface area is 130 Å². The number of carbonyl (C=O) groups is 1. The molecule has 4 fully saturated rings. The Balaban J connectivity index is 1.45. The van der Waals surface area contributed by atoms with Gasteiger partial charge in [0.1, 0.15) is 23.6 Å². The fraction of sp³-hybridized carbons (Fsp3) is 0.933. The molecular formula is C15H24N2O5. The van der Waals surface area contributed by atoms with Crippen LogP contribution in [0.15, 0.2) is 0 Å². The van der Waals surface area contributed by atoms with E-state index in [-0.39, 0.29) is 23.1 Å². The number of ether oxygens (including phenoxy) is 4. The van der Waals surface area contributed by atoms with E-state index in [1.54, 1.807) is 4.90 Å². The molecule has 0 aliphatic carbocycles. The average molecular weight is 312 g/mol. The zero-order chi connectivity index (χ0) is 15.4. The number of nitrogens with zero attached hydrogens (tertiary/aromatic N) is 2. The smallest absolute Gasteiger partial charge is 0.409 e. The molecule has 0 N–H and O–H groups in total. The molecular weight excluding hydrogens is 288 g/mol. The predicted molar refractivity (Wildman–Crippen MR) is 76.3 cm³/mol. The number of carbonyl (C=O) groups excluding carboxylic acids is 1. The second-order valence-electron chi connectivity index (χ2n) is 7.14. The molecule has 7 nitrogen and oxygen atoms in total. The molecule has 0 aromatic heterocycles. The van der Waals surface area contributed by atoms with E-state index in [1.165, 1.54) is 0 Å². The Morgan fingerprint density at radius 3 is 2.27 bits per heavy atom. The summed E-state index contributed by atoms with van der Waals surface area (Å²) in [7, 11) is 0. The second-order valence-corrected chi connectivity index (χ2v) is 7.14. The van der Waals surface area contributed by atoms with Crippen LogP contribution in [0.1, 0.15) is 26.7 Å². The number of hydrogen-bond acceptors (Lipinski definition) is 6. The van der Waals surface area contributed by atoms with Crippen LogP contribution in [0, 0.1) is 0 Å². The molecule has 7 heteroatoms. The zero-order valence-electron chi connectivity index (χ0n) is 13.3. The van der Waals surface area contributed by atoms with Crippen molar-refractivity contribution in [2.45, 2.75) is 43.7 Å². The van der Waals surface area contributed by atoms with Crippen LogP contribution in [-0.4, -0.2) is 79.0 Å². The Hall–Kier alpha value is -0.890. The molecule has 0 radical (unpaired) electrons. The van der Waals surface area contributed by atoms with E-state index in [9.17, 15) is 4.79 Å². The summed E-state index contributed by atoms with van der Waals surface area (Å²) in [5.41, 5.74) is -0.935. The van der Waals surface area contributed by atoms with E-state index in [1.807, 2.05) is 0 Å². The molecule has 4 heterocycles. The molecule has 0 aromatic carbocycles. The Morgan fingerprint density at radius 1 is 1.09 bits per heavy atom. The highest BCUT2D eigenvalue weighted by molar-refractivity contribution is 5.67. The van der Waals surface area contributed by atoms with Crippen molar-refractivity contribution in [3.8, 4) is 0 Å². The standard InChI is InChI=1S/C15H24N2O5/c1-13-3-4-14(2)17(13)15(10-21-13,11-22-14)9-20-12(18)16-5-7-19-8-6-16/h3-11H2,1-2H3. The summed E-state index contributed by atoms with van der Waals surface area (Å²) >= 11 is 0. The van der Waals surface area contributed by atoms with Gasteiger partial charge in [-0.3, -0.25) is 0 Å². The van der Waals surface area contributed by atoms with Crippen molar-refractivity contribution in [3.63, 3.8) is 0 Å². The highest BCUT2D eigenvalue weighted by atomic mass is 16.6. The Bertz CT molecular complexity index is 459. The predicted octanol–water partition coefficient (Wildman–Crippen LogP) is 0.783. The summed E-state index contributed by atoms with van der Waals surface area (Å²) in [6.45, 7) is 7.98. The lowest BCUT2D eigenvalue weighted by atomic mass is 10.0. The first kappa shape index (κ1) is 14.7. The molecule has 0 bridgehead atoms. The quantitative estimate of drug-likeness (QED) is 0.751. The lowest BCUT2D eigenvalue weighted by Gasteiger charge is -2.38. The van der Waals surface area contributed by atoms with E-state index in [0.29, 0.717) is 46.1 Å². The SMILES string of the molecule is CC12CCC3(C)OCC(COC(=O)N4CCOCC4)(CO1)N23.